The largest absolute Gasteiger partial charge is 0.507 e. The Balaban J connectivity index is 2.24. The van der Waals surface area contributed by atoms with E-state index in [1.807, 2.05) is 12.1 Å². The maximum atomic E-state index is 11.0. The van der Waals surface area contributed by atoms with E-state index >= 15 is 0 Å². The summed E-state index contributed by atoms with van der Waals surface area (Å²) >= 11 is 0. The number of phenols is 2. The van der Waals surface area contributed by atoms with Crippen molar-refractivity contribution in [1.82, 2.24) is 9.80 Å². The van der Waals surface area contributed by atoms with Gasteiger partial charge >= 0.3 is 0 Å². The van der Waals surface area contributed by atoms with E-state index < -0.39 is 0 Å². The van der Waals surface area contributed by atoms with Crippen molar-refractivity contribution in [2.75, 3.05) is 39.3 Å². The molecule has 0 aromatic heterocycles. The van der Waals surface area contributed by atoms with Gasteiger partial charge in [0.25, 0.3) is 0 Å². The SMILES string of the molecule is CCN(CC)Cc1cc(C=NCCN=Cc2cc(CN(CC)CC)cc(C(C)(C)C)c2O)c(O)c(C(C)(C)C)c1. The fraction of sp³-hybridized carbons (Fsp3) is 0.588. The van der Waals surface area contributed by atoms with Gasteiger partial charge in [-0.05, 0) is 60.3 Å². The summed E-state index contributed by atoms with van der Waals surface area (Å²) in [5.41, 5.74) is 5.37. The molecule has 0 aliphatic carbocycles. The highest BCUT2D eigenvalue weighted by atomic mass is 16.3. The molecule has 0 saturated carbocycles. The summed E-state index contributed by atoms with van der Waals surface area (Å²) in [6, 6.07) is 8.34. The predicted molar refractivity (Wildman–Crippen MR) is 172 cm³/mol. The number of hydrogen-bond acceptors (Lipinski definition) is 6. The van der Waals surface area contributed by atoms with Crippen molar-refractivity contribution in [3.05, 3.63) is 57.6 Å². The second kappa shape index (κ2) is 14.8. The van der Waals surface area contributed by atoms with Crippen LogP contribution in [-0.2, 0) is 23.9 Å². The Morgan fingerprint density at radius 3 is 1.20 bits per heavy atom. The minimum atomic E-state index is -0.177. The van der Waals surface area contributed by atoms with Crippen LogP contribution in [-0.4, -0.2) is 71.7 Å². The van der Waals surface area contributed by atoms with Crippen LogP contribution in [0.15, 0.2) is 34.3 Å². The standard InChI is InChI=1S/C34H54N4O2/c1-11-37(12-2)23-25-17-27(31(39)29(19-25)33(5,6)7)21-35-15-16-36-22-28-18-26(24-38(13-3)14-4)20-30(32(28)40)34(8,9)10/h17-22,39-40H,11-16,23-24H2,1-10H3. The first-order valence-electron chi connectivity index (χ1n) is 14.9. The van der Waals surface area contributed by atoms with Crippen LogP contribution >= 0.6 is 0 Å². The van der Waals surface area contributed by atoms with Gasteiger partial charge in [-0.3, -0.25) is 19.8 Å². The zero-order chi connectivity index (χ0) is 30.1. The zero-order valence-corrected chi connectivity index (χ0v) is 26.8. The molecule has 0 radical (unpaired) electrons. The molecule has 0 unspecified atom stereocenters. The van der Waals surface area contributed by atoms with Gasteiger partial charge in [0.05, 0.1) is 13.1 Å². The molecule has 0 saturated heterocycles. The third-order valence-electron chi connectivity index (χ3n) is 7.43. The molecule has 0 bridgehead atoms. The summed E-state index contributed by atoms with van der Waals surface area (Å²) in [6.07, 6.45) is 3.54. The number of benzene rings is 2. The van der Waals surface area contributed by atoms with Crippen molar-refractivity contribution in [1.29, 1.82) is 0 Å². The molecule has 40 heavy (non-hydrogen) atoms. The molecule has 0 aliphatic rings. The van der Waals surface area contributed by atoms with Gasteiger partial charge in [0.15, 0.2) is 0 Å². The second-order valence-electron chi connectivity index (χ2n) is 12.7. The van der Waals surface area contributed by atoms with Crippen LogP contribution in [0.25, 0.3) is 0 Å². The van der Waals surface area contributed by atoms with E-state index in [2.05, 4.69) is 101 Å². The van der Waals surface area contributed by atoms with Crippen molar-refractivity contribution in [3.8, 4) is 11.5 Å². The minimum Gasteiger partial charge on any atom is -0.507 e. The maximum Gasteiger partial charge on any atom is 0.128 e. The normalized spacial score (nSPS) is 13.0. The summed E-state index contributed by atoms with van der Waals surface area (Å²) in [5.74, 6) is 0.598. The number of aliphatic imine (C=N–C) groups is 2. The lowest BCUT2D eigenvalue weighted by Crippen LogP contribution is -2.23. The monoisotopic (exact) mass is 550 g/mol. The molecule has 0 spiro atoms. The van der Waals surface area contributed by atoms with Crippen molar-refractivity contribution in [2.45, 2.75) is 93.2 Å². The summed E-state index contributed by atoms with van der Waals surface area (Å²) in [4.78, 5) is 13.9. The van der Waals surface area contributed by atoms with E-state index in [9.17, 15) is 10.2 Å². The van der Waals surface area contributed by atoms with Crippen molar-refractivity contribution < 1.29 is 10.2 Å². The van der Waals surface area contributed by atoms with E-state index in [1.54, 1.807) is 12.4 Å². The van der Waals surface area contributed by atoms with Gasteiger partial charge in [-0.25, -0.2) is 0 Å². The van der Waals surface area contributed by atoms with Crippen LogP contribution in [0.3, 0.4) is 0 Å². The molecule has 2 N–H and O–H groups in total. The van der Waals surface area contributed by atoms with Crippen molar-refractivity contribution >= 4 is 12.4 Å². The van der Waals surface area contributed by atoms with Crippen LogP contribution in [0, 0.1) is 0 Å². The van der Waals surface area contributed by atoms with E-state index in [0.717, 1.165) is 61.5 Å². The van der Waals surface area contributed by atoms with Gasteiger partial charge in [-0.2, -0.15) is 0 Å². The quantitative estimate of drug-likeness (QED) is 0.210. The van der Waals surface area contributed by atoms with Crippen LogP contribution in [0.1, 0.15) is 103 Å². The van der Waals surface area contributed by atoms with Crippen LogP contribution in [0.4, 0.5) is 0 Å². The Morgan fingerprint density at radius 2 is 0.925 bits per heavy atom. The fourth-order valence-electron chi connectivity index (χ4n) is 4.81. The highest BCUT2D eigenvalue weighted by Gasteiger charge is 2.22. The number of rotatable bonds is 13. The highest BCUT2D eigenvalue weighted by Crippen LogP contribution is 2.35. The second-order valence-corrected chi connectivity index (χ2v) is 12.7. The fourth-order valence-corrected chi connectivity index (χ4v) is 4.81. The Labute approximate surface area is 243 Å². The topological polar surface area (TPSA) is 71.7 Å². The lowest BCUT2D eigenvalue weighted by molar-refractivity contribution is 0.295. The molecule has 2 aromatic carbocycles. The van der Waals surface area contributed by atoms with E-state index in [0.29, 0.717) is 24.6 Å². The summed E-state index contributed by atoms with van der Waals surface area (Å²) < 4.78 is 0. The van der Waals surface area contributed by atoms with Gasteiger partial charge in [0.1, 0.15) is 11.5 Å². The average Bonchev–Trinajstić information content (AvgIpc) is 2.89. The van der Waals surface area contributed by atoms with Crippen LogP contribution in [0.2, 0.25) is 0 Å². The van der Waals surface area contributed by atoms with E-state index in [4.69, 9.17) is 0 Å². The number of hydrogen-bond donors (Lipinski definition) is 2. The van der Waals surface area contributed by atoms with Gasteiger partial charge in [0, 0.05) is 47.8 Å². The van der Waals surface area contributed by atoms with Gasteiger partial charge in [-0.1, -0.05) is 81.4 Å². The Hall–Kier alpha value is -2.70. The Bertz CT molecular complexity index is 1060. The smallest absolute Gasteiger partial charge is 0.128 e. The predicted octanol–water partition coefficient (Wildman–Crippen LogP) is 6.91. The average molecular weight is 551 g/mol. The Morgan fingerprint density at radius 1 is 0.600 bits per heavy atom. The first-order valence-corrected chi connectivity index (χ1v) is 14.9. The summed E-state index contributed by atoms with van der Waals surface area (Å²) in [6.45, 7) is 28.0. The van der Waals surface area contributed by atoms with Gasteiger partial charge in [-0.15, -0.1) is 0 Å². The molecule has 0 amide bonds. The van der Waals surface area contributed by atoms with Crippen LogP contribution in [0.5, 0.6) is 11.5 Å². The maximum absolute atomic E-state index is 11.0. The lowest BCUT2D eigenvalue weighted by Gasteiger charge is -2.24. The molecule has 6 nitrogen and oxygen atoms in total. The number of aromatic hydroxyl groups is 2. The molecule has 6 heteroatoms. The number of nitrogens with zero attached hydrogens (tertiary/aromatic N) is 4. The number of phenolic OH excluding ortho intramolecular Hbond substituents is 2. The summed E-state index contributed by atoms with van der Waals surface area (Å²) in [5, 5.41) is 22.1. The highest BCUT2D eigenvalue weighted by molar-refractivity contribution is 5.85. The molecule has 0 aliphatic heterocycles. The third kappa shape index (κ3) is 9.45. The molecule has 2 rings (SSSR count). The first kappa shape index (κ1) is 33.5. The zero-order valence-electron chi connectivity index (χ0n) is 26.8. The molecular weight excluding hydrogens is 496 g/mol. The molecule has 0 fully saturated rings. The molecule has 0 atom stereocenters. The minimum absolute atomic E-state index is 0.177. The Kier molecular flexibility index (Phi) is 12.4. The van der Waals surface area contributed by atoms with Crippen molar-refractivity contribution in [3.63, 3.8) is 0 Å². The van der Waals surface area contributed by atoms with E-state index in [1.165, 1.54) is 11.1 Å². The van der Waals surface area contributed by atoms with E-state index in [-0.39, 0.29) is 10.8 Å². The lowest BCUT2D eigenvalue weighted by atomic mass is 9.84. The summed E-state index contributed by atoms with van der Waals surface area (Å²) in [7, 11) is 0. The first-order chi connectivity index (χ1) is 18.7. The van der Waals surface area contributed by atoms with Gasteiger partial charge in [0.2, 0.25) is 0 Å². The molecule has 2 aromatic rings. The van der Waals surface area contributed by atoms with Crippen molar-refractivity contribution in [2.24, 2.45) is 9.98 Å². The molecule has 0 heterocycles. The van der Waals surface area contributed by atoms with Gasteiger partial charge < -0.3 is 10.2 Å². The third-order valence-corrected chi connectivity index (χ3v) is 7.43. The molecule has 222 valence electrons. The van der Waals surface area contributed by atoms with Crippen LogP contribution < -0.4 is 0 Å². The molecular formula is C34H54N4O2.